The van der Waals surface area contributed by atoms with Crippen molar-refractivity contribution in [1.82, 2.24) is 9.62 Å². The maximum atomic E-state index is 13.0. The summed E-state index contributed by atoms with van der Waals surface area (Å²) in [6.07, 6.45) is 0. The lowest BCUT2D eigenvalue weighted by molar-refractivity contribution is 0.0930. The predicted molar refractivity (Wildman–Crippen MR) is 104 cm³/mol. The molecule has 0 radical (unpaired) electrons. The number of benzene rings is 1. The molecule has 1 atom stereocenters. The zero-order chi connectivity index (χ0) is 19.0. The van der Waals surface area contributed by atoms with Crippen molar-refractivity contribution in [2.24, 2.45) is 0 Å². The van der Waals surface area contributed by atoms with Gasteiger partial charge < -0.3 is 15.0 Å². The van der Waals surface area contributed by atoms with Crippen LogP contribution in [0.5, 0.6) is 0 Å². The zero-order valence-corrected chi connectivity index (χ0v) is 16.6. The molecule has 144 valence electrons. The normalized spacial score (nSPS) is 22.3. The quantitative estimate of drug-likeness (QED) is 0.838. The molecule has 1 saturated heterocycles. The van der Waals surface area contributed by atoms with Crippen LogP contribution in [0.2, 0.25) is 0 Å². The van der Waals surface area contributed by atoms with Gasteiger partial charge in [0, 0.05) is 37.2 Å². The number of ether oxygens (including phenoxy) is 1. The fourth-order valence-corrected chi connectivity index (χ4v) is 6.17. The van der Waals surface area contributed by atoms with Crippen molar-refractivity contribution in [3.05, 3.63) is 46.2 Å². The second-order valence-electron chi connectivity index (χ2n) is 6.58. The number of amides is 1. The monoisotopic (exact) mass is 407 g/mol. The van der Waals surface area contributed by atoms with Gasteiger partial charge in [-0.05, 0) is 23.6 Å². The first-order valence-electron chi connectivity index (χ1n) is 8.75. The number of rotatable bonds is 3. The van der Waals surface area contributed by atoms with E-state index in [4.69, 9.17) is 4.74 Å². The lowest BCUT2D eigenvalue weighted by Gasteiger charge is -2.32. The number of sulfonamides is 1. The number of carbonyl (C=O) groups is 1. The minimum Gasteiger partial charge on any atom is -0.378 e. The van der Waals surface area contributed by atoms with Crippen molar-refractivity contribution in [3.63, 3.8) is 0 Å². The van der Waals surface area contributed by atoms with Crippen LogP contribution >= 0.6 is 11.3 Å². The molecule has 1 N–H and O–H groups in total. The molecule has 1 unspecified atom stereocenters. The van der Waals surface area contributed by atoms with Crippen molar-refractivity contribution in [1.29, 1.82) is 0 Å². The molecule has 9 heteroatoms. The fraction of sp³-hybridized carbons (Fsp3) is 0.389. The lowest BCUT2D eigenvalue weighted by Crippen LogP contribution is -2.43. The molecule has 2 aliphatic rings. The van der Waals surface area contributed by atoms with E-state index in [1.165, 1.54) is 22.7 Å². The maximum Gasteiger partial charge on any atom is 0.253 e. The Hall–Kier alpha value is -1.94. The number of carbonyl (C=O) groups excluding carboxylic acids is 1. The van der Waals surface area contributed by atoms with Gasteiger partial charge in [-0.15, -0.1) is 11.3 Å². The van der Waals surface area contributed by atoms with Crippen LogP contribution in [-0.4, -0.2) is 58.5 Å². The Kier molecular flexibility index (Phi) is 4.94. The van der Waals surface area contributed by atoms with Gasteiger partial charge in [0.15, 0.2) is 0 Å². The average Bonchev–Trinajstić information content (AvgIpc) is 3.18. The van der Waals surface area contributed by atoms with E-state index in [0.717, 1.165) is 18.8 Å². The molecule has 0 aliphatic carbocycles. The Morgan fingerprint density at radius 2 is 1.96 bits per heavy atom. The summed E-state index contributed by atoms with van der Waals surface area (Å²) in [4.78, 5) is 16.2. The number of fused-ring (bicyclic) bond motifs is 1. The number of likely N-dealkylation sites (N-methyl/N-ethyl adjacent to an activating group) is 1. The van der Waals surface area contributed by atoms with Gasteiger partial charge in [0.05, 0.1) is 29.7 Å². The summed E-state index contributed by atoms with van der Waals surface area (Å²) in [5.74, 6) is -0.200. The first-order chi connectivity index (χ1) is 13.0. The van der Waals surface area contributed by atoms with E-state index in [-0.39, 0.29) is 23.4 Å². The van der Waals surface area contributed by atoms with Crippen LogP contribution < -0.4 is 10.2 Å². The van der Waals surface area contributed by atoms with Crippen molar-refractivity contribution >= 4 is 33.0 Å². The first kappa shape index (κ1) is 18.4. The van der Waals surface area contributed by atoms with Crippen molar-refractivity contribution < 1.29 is 17.9 Å². The Balaban J connectivity index is 1.61. The van der Waals surface area contributed by atoms with Crippen LogP contribution in [0.1, 0.15) is 21.3 Å². The predicted octanol–water partition coefficient (Wildman–Crippen LogP) is 1.69. The Labute approximate surface area is 162 Å². The molecular formula is C18H21N3O4S2. The minimum atomic E-state index is -3.47. The number of para-hydroxylation sites is 1. The molecule has 1 aromatic heterocycles. The topological polar surface area (TPSA) is 79.0 Å². The van der Waals surface area contributed by atoms with Gasteiger partial charge in [0.1, 0.15) is 0 Å². The maximum absolute atomic E-state index is 13.0. The van der Waals surface area contributed by atoms with Crippen molar-refractivity contribution in [2.45, 2.75) is 10.9 Å². The third kappa shape index (κ3) is 3.36. The highest BCUT2D eigenvalue weighted by Gasteiger charge is 2.36. The molecular weight excluding hydrogens is 386 g/mol. The Bertz CT molecular complexity index is 951. The molecule has 1 amide bonds. The highest BCUT2D eigenvalue weighted by Crippen LogP contribution is 2.35. The van der Waals surface area contributed by atoms with Crippen LogP contribution in [0.15, 0.2) is 40.6 Å². The Morgan fingerprint density at radius 1 is 1.22 bits per heavy atom. The number of morpholine rings is 1. The van der Waals surface area contributed by atoms with Gasteiger partial charge in [-0.1, -0.05) is 12.1 Å². The van der Waals surface area contributed by atoms with Gasteiger partial charge in [0.25, 0.3) is 5.91 Å². The van der Waals surface area contributed by atoms with Crippen LogP contribution in [0.4, 0.5) is 5.69 Å². The first-order valence-corrected chi connectivity index (χ1v) is 11.1. The van der Waals surface area contributed by atoms with Crippen molar-refractivity contribution in [3.8, 4) is 0 Å². The number of nitrogens with one attached hydrogen (secondary N) is 1. The van der Waals surface area contributed by atoms with Crippen LogP contribution in [0, 0.1) is 0 Å². The van der Waals surface area contributed by atoms with E-state index in [0.29, 0.717) is 23.7 Å². The minimum absolute atomic E-state index is 0.200. The molecule has 0 saturated carbocycles. The van der Waals surface area contributed by atoms with Gasteiger partial charge in [-0.3, -0.25) is 4.79 Å². The van der Waals surface area contributed by atoms with E-state index in [1.54, 1.807) is 17.5 Å². The van der Waals surface area contributed by atoms with E-state index < -0.39 is 10.0 Å². The molecule has 27 heavy (non-hydrogen) atoms. The summed E-state index contributed by atoms with van der Waals surface area (Å²) >= 11 is 1.36. The van der Waals surface area contributed by atoms with Crippen molar-refractivity contribution in [2.75, 3.05) is 44.8 Å². The second-order valence-corrected chi connectivity index (χ2v) is 9.54. The summed E-state index contributed by atoms with van der Waals surface area (Å²) in [6.45, 7) is 2.98. The largest absolute Gasteiger partial charge is 0.378 e. The standard InChI is InChI=1S/C18H21N3O4S2/c1-20-12-14(17-16(6-11-26-17)27(20,23)24)19-18(22)13-4-2-3-5-15(13)21-7-9-25-10-8-21/h2-6,11,14H,7-10,12H2,1H3,(H,19,22). The molecule has 0 bridgehead atoms. The average molecular weight is 408 g/mol. The molecule has 3 heterocycles. The zero-order valence-electron chi connectivity index (χ0n) is 14.9. The third-order valence-electron chi connectivity index (χ3n) is 4.91. The molecule has 1 fully saturated rings. The van der Waals surface area contributed by atoms with Crippen LogP contribution in [0.3, 0.4) is 0 Å². The molecule has 4 rings (SSSR count). The number of nitrogens with zero attached hydrogens (tertiary/aromatic N) is 2. The van der Waals surface area contributed by atoms with Gasteiger partial charge in [-0.2, -0.15) is 4.31 Å². The smallest absolute Gasteiger partial charge is 0.253 e. The molecule has 7 nitrogen and oxygen atoms in total. The van der Waals surface area contributed by atoms with Gasteiger partial charge in [-0.25, -0.2) is 8.42 Å². The van der Waals surface area contributed by atoms with Crippen LogP contribution in [-0.2, 0) is 14.8 Å². The third-order valence-corrected chi connectivity index (χ3v) is 7.95. The summed E-state index contributed by atoms with van der Waals surface area (Å²) in [6, 6.07) is 8.74. The lowest BCUT2D eigenvalue weighted by atomic mass is 10.1. The van der Waals surface area contributed by atoms with E-state index in [2.05, 4.69) is 10.2 Å². The molecule has 1 aromatic carbocycles. The second kappa shape index (κ2) is 7.23. The number of hydrogen-bond donors (Lipinski definition) is 1. The molecule has 0 spiro atoms. The van der Waals surface area contributed by atoms with E-state index in [9.17, 15) is 13.2 Å². The fourth-order valence-electron chi connectivity index (χ4n) is 3.48. The van der Waals surface area contributed by atoms with E-state index >= 15 is 0 Å². The molecule has 2 aromatic rings. The summed E-state index contributed by atoms with van der Waals surface area (Å²) in [5.41, 5.74) is 1.47. The number of thiophene rings is 1. The highest BCUT2D eigenvalue weighted by atomic mass is 32.2. The number of anilines is 1. The molecule has 2 aliphatic heterocycles. The Morgan fingerprint density at radius 3 is 2.74 bits per heavy atom. The highest BCUT2D eigenvalue weighted by molar-refractivity contribution is 7.89. The van der Waals surface area contributed by atoms with Crippen LogP contribution in [0.25, 0.3) is 0 Å². The van der Waals surface area contributed by atoms with Gasteiger partial charge in [0.2, 0.25) is 10.0 Å². The summed E-state index contributed by atoms with van der Waals surface area (Å²) in [5, 5.41) is 4.78. The SMILES string of the molecule is CN1CC(NC(=O)c2ccccc2N2CCOCC2)c2sccc2S1(=O)=O. The number of hydrogen-bond acceptors (Lipinski definition) is 6. The van der Waals surface area contributed by atoms with Gasteiger partial charge >= 0.3 is 0 Å². The summed E-state index contributed by atoms with van der Waals surface area (Å²) < 4.78 is 31.6. The van der Waals surface area contributed by atoms with E-state index in [1.807, 2.05) is 18.2 Å². The summed E-state index contributed by atoms with van der Waals surface area (Å²) in [7, 11) is -1.93.